The second-order valence-electron chi connectivity index (χ2n) is 8.56. The second-order valence-corrected chi connectivity index (χ2v) is 12.4. The van der Waals surface area contributed by atoms with Gasteiger partial charge in [-0.2, -0.15) is 4.31 Å². The summed E-state index contributed by atoms with van der Waals surface area (Å²) >= 11 is 3.03. The predicted molar refractivity (Wildman–Crippen MR) is 145 cm³/mol. The van der Waals surface area contributed by atoms with Crippen LogP contribution in [0, 0.1) is 5.92 Å². The first-order valence-corrected chi connectivity index (χ1v) is 15.0. The fourth-order valence-electron chi connectivity index (χ4n) is 4.27. The number of fused-ring (bicyclic) bond motifs is 1. The Kier molecular flexibility index (Phi) is 7.03. The third-order valence-electron chi connectivity index (χ3n) is 6.31. The van der Waals surface area contributed by atoms with Gasteiger partial charge in [-0.1, -0.05) is 12.1 Å². The van der Waals surface area contributed by atoms with E-state index in [4.69, 9.17) is 0 Å². The lowest BCUT2D eigenvalue weighted by atomic mass is 9.97. The number of anilines is 1. The number of phenols is 1. The van der Waals surface area contributed by atoms with Gasteiger partial charge in [-0.25, -0.2) is 13.4 Å². The van der Waals surface area contributed by atoms with E-state index in [0.29, 0.717) is 29.1 Å². The Morgan fingerprint density at radius 2 is 1.81 bits per heavy atom. The summed E-state index contributed by atoms with van der Waals surface area (Å²) < 4.78 is 28.5. The number of benzene rings is 3. The topological polar surface area (TPSA) is 99.6 Å². The summed E-state index contributed by atoms with van der Waals surface area (Å²) in [5, 5.41) is 14.0. The number of rotatable bonds is 6. The molecule has 0 bridgehead atoms. The number of nitrogens with zero attached hydrogens (tertiary/aromatic N) is 2. The Morgan fingerprint density at radius 3 is 2.50 bits per heavy atom. The van der Waals surface area contributed by atoms with Gasteiger partial charge < -0.3 is 10.4 Å². The molecule has 1 amide bonds. The predicted octanol–water partition coefficient (Wildman–Crippen LogP) is 5.43. The lowest BCUT2D eigenvalue weighted by Crippen LogP contribution is -2.41. The maximum absolute atomic E-state index is 13.0. The van der Waals surface area contributed by atoms with Crippen molar-refractivity contribution < 1.29 is 18.3 Å². The third-order valence-corrected chi connectivity index (χ3v) is 10.0. The number of amides is 1. The van der Waals surface area contributed by atoms with Crippen molar-refractivity contribution in [3.8, 4) is 16.3 Å². The van der Waals surface area contributed by atoms with Crippen molar-refractivity contribution in [3.05, 3.63) is 66.7 Å². The van der Waals surface area contributed by atoms with E-state index in [9.17, 15) is 18.3 Å². The lowest BCUT2D eigenvalue weighted by Gasteiger charge is -2.30. The van der Waals surface area contributed by atoms with Crippen LogP contribution in [0.1, 0.15) is 12.8 Å². The number of aromatic nitrogens is 1. The number of hydrogen-bond donors (Lipinski definition) is 2. The molecule has 0 spiro atoms. The van der Waals surface area contributed by atoms with Gasteiger partial charge in [0.25, 0.3) is 0 Å². The second kappa shape index (κ2) is 10.2. The minimum Gasteiger partial charge on any atom is -0.507 e. The van der Waals surface area contributed by atoms with Gasteiger partial charge in [0.1, 0.15) is 10.8 Å². The minimum atomic E-state index is -3.59. The van der Waals surface area contributed by atoms with Gasteiger partial charge in [0.15, 0.2) is 0 Å². The molecule has 0 radical (unpaired) electrons. The highest BCUT2D eigenvalue weighted by atomic mass is 32.2. The van der Waals surface area contributed by atoms with Crippen molar-refractivity contribution in [2.45, 2.75) is 22.6 Å². The molecule has 1 aliphatic heterocycles. The van der Waals surface area contributed by atoms with Crippen LogP contribution in [0.15, 0.2) is 76.5 Å². The zero-order chi connectivity index (χ0) is 25.3. The van der Waals surface area contributed by atoms with Gasteiger partial charge in [-0.3, -0.25) is 4.79 Å². The number of piperidine rings is 1. The average molecular weight is 540 g/mol. The van der Waals surface area contributed by atoms with E-state index in [0.717, 1.165) is 15.1 Å². The van der Waals surface area contributed by atoms with E-state index in [2.05, 4.69) is 10.3 Å². The molecule has 186 valence electrons. The monoisotopic (exact) mass is 539 g/mol. The van der Waals surface area contributed by atoms with Crippen LogP contribution in [0.5, 0.6) is 5.75 Å². The summed E-state index contributed by atoms with van der Waals surface area (Å²) in [6.45, 7) is 0.578. The summed E-state index contributed by atoms with van der Waals surface area (Å²) in [4.78, 5) is 18.9. The summed E-state index contributed by atoms with van der Waals surface area (Å²) in [5.41, 5.74) is 1.98. The van der Waals surface area contributed by atoms with Gasteiger partial charge >= 0.3 is 0 Å². The van der Waals surface area contributed by atoms with Crippen LogP contribution in [0.25, 0.3) is 20.8 Å². The molecule has 2 N–H and O–H groups in total. The maximum atomic E-state index is 13.0. The first-order valence-electron chi connectivity index (χ1n) is 11.5. The summed E-state index contributed by atoms with van der Waals surface area (Å²) in [7, 11) is -3.59. The van der Waals surface area contributed by atoms with Crippen molar-refractivity contribution in [1.29, 1.82) is 0 Å². The highest BCUT2D eigenvalue weighted by Gasteiger charge is 2.32. The highest BCUT2D eigenvalue weighted by molar-refractivity contribution is 7.98. The number of para-hydroxylation sites is 1. The van der Waals surface area contributed by atoms with E-state index >= 15 is 0 Å². The average Bonchev–Trinajstić information content (AvgIpc) is 3.34. The molecule has 0 aliphatic carbocycles. The molecule has 0 unspecified atom stereocenters. The molecule has 10 heteroatoms. The van der Waals surface area contributed by atoms with Gasteiger partial charge in [-0.15, -0.1) is 23.1 Å². The van der Waals surface area contributed by atoms with Gasteiger partial charge in [0.05, 0.1) is 20.7 Å². The Hall–Kier alpha value is -2.92. The number of carbonyl (C=O) groups is 1. The molecule has 5 rings (SSSR count). The lowest BCUT2D eigenvalue weighted by molar-refractivity contribution is -0.120. The number of sulfonamides is 1. The Labute approximate surface area is 218 Å². The van der Waals surface area contributed by atoms with Crippen LogP contribution in [-0.2, 0) is 14.8 Å². The third kappa shape index (κ3) is 4.99. The normalized spacial score (nSPS) is 15.2. The molecule has 36 heavy (non-hydrogen) atoms. The van der Waals surface area contributed by atoms with Crippen LogP contribution < -0.4 is 5.32 Å². The Bertz CT molecular complexity index is 1480. The maximum Gasteiger partial charge on any atom is 0.243 e. The van der Waals surface area contributed by atoms with Crippen molar-refractivity contribution in [2.24, 2.45) is 5.92 Å². The van der Waals surface area contributed by atoms with Crippen molar-refractivity contribution in [1.82, 2.24) is 9.29 Å². The van der Waals surface area contributed by atoms with Gasteiger partial charge in [0, 0.05) is 29.6 Å². The summed E-state index contributed by atoms with van der Waals surface area (Å²) in [5.74, 6) is -0.358. The zero-order valence-electron chi connectivity index (χ0n) is 19.5. The quantitative estimate of drug-likeness (QED) is 0.250. The fraction of sp³-hybridized carbons (Fsp3) is 0.231. The van der Waals surface area contributed by atoms with Crippen LogP contribution >= 0.6 is 23.1 Å². The van der Waals surface area contributed by atoms with Crippen LogP contribution in [0.3, 0.4) is 0 Å². The molecule has 4 aromatic rings. The van der Waals surface area contributed by atoms with Crippen LogP contribution in [0.4, 0.5) is 5.69 Å². The molecule has 0 atom stereocenters. The molecule has 0 saturated carbocycles. The van der Waals surface area contributed by atoms with Crippen molar-refractivity contribution >= 4 is 54.9 Å². The SMILES string of the molecule is CSc1ccc(S(=O)(=O)N2CCC(C(=O)Nc3ccc(O)c(-c4nc5ccccc5s4)c3)CC2)cc1. The summed E-state index contributed by atoms with van der Waals surface area (Å²) in [6, 6.07) is 19.6. The molecule has 1 fully saturated rings. The number of aromatic hydroxyl groups is 1. The number of thioether (sulfide) groups is 1. The first kappa shape index (κ1) is 24.8. The van der Waals surface area contributed by atoms with E-state index in [1.165, 1.54) is 15.6 Å². The molecular weight excluding hydrogens is 515 g/mol. The van der Waals surface area contributed by atoms with E-state index in [-0.39, 0.29) is 35.6 Å². The van der Waals surface area contributed by atoms with Crippen molar-refractivity contribution in [3.63, 3.8) is 0 Å². The number of carbonyl (C=O) groups excluding carboxylic acids is 1. The number of thiazole rings is 1. The Balaban J connectivity index is 1.25. The van der Waals surface area contributed by atoms with E-state index < -0.39 is 10.0 Å². The summed E-state index contributed by atoms with van der Waals surface area (Å²) in [6.07, 6.45) is 2.83. The van der Waals surface area contributed by atoms with Crippen LogP contribution in [0.2, 0.25) is 0 Å². The number of nitrogens with one attached hydrogen (secondary N) is 1. The van der Waals surface area contributed by atoms with Crippen LogP contribution in [-0.4, -0.2) is 48.1 Å². The highest BCUT2D eigenvalue weighted by Crippen LogP contribution is 2.37. The number of hydrogen-bond acceptors (Lipinski definition) is 7. The molecule has 1 saturated heterocycles. The van der Waals surface area contributed by atoms with Gasteiger partial charge in [0.2, 0.25) is 15.9 Å². The fourth-order valence-corrected chi connectivity index (χ4v) is 7.14. The smallest absolute Gasteiger partial charge is 0.243 e. The standard InChI is InChI=1S/C26H25N3O4S3/c1-34-19-7-9-20(10-8-19)36(32,33)29-14-12-17(13-15-29)25(31)27-18-6-11-23(30)21(16-18)26-28-22-4-2-3-5-24(22)35-26/h2-11,16-17,30H,12-15H2,1H3,(H,27,31). The molecule has 3 aromatic carbocycles. The number of phenolic OH excluding ortho intramolecular Hbond substituents is 1. The molecule has 7 nitrogen and oxygen atoms in total. The molecule has 1 aliphatic rings. The van der Waals surface area contributed by atoms with Gasteiger partial charge in [-0.05, 0) is 73.7 Å². The molecular formula is C26H25N3O4S3. The van der Waals surface area contributed by atoms with E-state index in [1.54, 1.807) is 54.2 Å². The first-order chi connectivity index (χ1) is 17.3. The zero-order valence-corrected chi connectivity index (χ0v) is 22.0. The van der Waals surface area contributed by atoms with E-state index in [1.807, 2.05) is 30.5 Å². The molecule has 1 aromatic heterocycles. The molecule has 2 heterocycles. The largest absolute Gasteiger partial charge is 0.507 e. The minimum absolute atomic E-state index is 0.0936. The Morgan fingerprint density at radius 1 is 1.08 bits per heavy atom. The van der Waals surface area contributed by atoms with Crippen molar-refractivity contribution in [2.75, 3.05) is 24.7 Å².